The number of hydrogen-bond acceptors (Lipinski definition) is 8. The molecule has 0 bridgehead atoms. The summed E-state index contributed by atoms with van der Waals surface area (Å²) in [6.45, 7) is 5.77. The SMILES string of the molecule is CC(=O)N(C)[C@@H]1[C@H](N)CN(c2ccncc2Nc2ncc3ccc(-c4c(F)cc(C5COC5)cc4F)nn23)C[C@@H]1C. The number of piperidine rings is 1. The minimum atomic E-state index is -0.674. The molecule has 5 heterocycles. The molecular weight excluding hydrogens is 530 g/mol. The number of amides is 1. The number of halogens is 2. The van der Waals surface area contributed by atoms with E-state index < -0.39 is 11.6 Å². The lowest BCUT2D eigenvalue weighted by molar-refractivity contribution is -0.131. The topological polar surface area (TPSA) is 114 Å². The Balaban J connectivity index is 1.29. The largest absolute Gasteiger partial charge is 0.380 e. The van der Waals surface area contributed by atoms with Gasteiger partial charge in [-0.3, -0.25) is 9.78 Å². The number of imidazole rings is 1. The van der Waals surface area contributed by atoms with E-state index >= 15 is 8.78 Å². The maximum absolute atomic E-state index is 15.1. The van der Waals surface area contributed by atoms with Crippen molar-refractivity contribution in [2.24, 2.45) is 11.7 Å². The number of pyridine rings is 1. The van der Waals surface area contributed by atoms with Crippen LogP contribution in [-0.2, 0) is 9.53 Å². The average molecular weight is 563 g/mol. The number of likely N-dealkylation sites (N-methyl/N-ethyl adjacent to an activating group) is 1. The Hall–Kier alpha value is -4.16. The zero-order chi connectivity index (χ0) is 28.8. The Morgan fingerprint density at radius 2 is 1.90 bits per heavy atom. The summed E-state index contributed by atoms with van der Waals surface area (Å²) in [5, 5.41) is 7.84. The quantitative estimate of drug-likeness (QED) is 0.367. The van der Waals surface area contributed by atoms with E-state index in [1.807, 2.05) is 6.07 Å². The third kappa shape index (κ3) is 4.97. The van der Waals surface area contributed by atoms with Crippen LogP contribution in [0.15, 0.2) is 48.9 Å². The lowest BCUT2D eigenvalue weighted by atomic mass is 9.88. The Bertz CT molecular complexity index is 1570. The van der Waals surface area contributed by atoms with Gasteiger partial charge in [0.2, 0.25) is 11.9 Å². The number of carbonyl (C=O) groups excluding carboxylic acids is 1. The molecule has 3 atom stereocenters. The molecule has 2 aliphatic heterocycles. The van der Waals surface area contributed by atoms with Gasteiger partial charge in [-0.15, -0.1) is 0 Å². The molecule has 0 radical (unpaired) electrons. The third-order valence-corrected chi connectivity index (χ3v) is 8.10. The Kier molecular flexibility index (Phi) is 7.04. The highest BCUT2D eigenvalue weighted by molar-refractivity contribution is 5.75. The summed E-state index contributed by atoms with van der Waals surface area (Å²) in [4.78, 5) is 24.7. The van der Waals surface area contributed by atoms with Gasteiger partial charge in [0.05, 0.1) is 59.8 Å². The number of fused-ring (bicyclic) bond motifs is 1. The van der Waals surface area contributed by atoms with E-state index in [9.17, 15) is 4.79 Å². The third-order valence-electron chi connectivity index (χ3n) is 8.10. The van der Waals surface area contributed by atoms with E-state index in [1.165, 1.54) is 16.6 Å². The first-order valence-electron chi connectivity index (χ1n) is 13.6. The molecule has 12 heteroatoms. The van der Waals surface area contributed by atoms with Crippen LogP contribution < -0.4 is 16.0 Å². The summed E-state index contributed by atoms with van der Waals surface area (Å²) in [6, 6.07) is 7.58. The van der Waals surface area contributed by atoms with Crippen LogP contribution in [0.25, 0.3) is 16.8 Å². The molecule has 3 N–H and O–H groups in total. The molecule has 2 saturated heterocycles. The summed E-state index contributed by atoms with van der Waals surface area (Å²) >= 11 is 0. The first-order valence-corrected chi connectivity index (χ1v) is 13.6. The highest BCUT2D eigenvalue weighted by Crippen LogP contribution is 2.34. The fourth-order valence-corrected chi connectivity index (χ4v) is 5.87. The van der Waals surface area contributed by atoms with Crippen molar-refractivity contribution in [2.45, 2.75) is 31.8 Å². The van der Waals surface area contributed by atoms with Crippen molar-refractivity contribution in [1.29, 1.82) is 0 Å². The molecule has 1 amide bonds. The minimum Gasteiger partial charge on any atom is -0.380 e. The van der Waals surface area contributed by atoms with E-state index in [-0.39, 0.29) is 41.1 Å². The first-order chi connectivity index (χ1) is 19.7. The van der Waals surface area contributed by atoms with Crippen LogP contribution >= 0.6 is 0 Å². The molecular formula is C29H32F2N8O2. The van der Waals surface area contributed by atoms with Gasteiger partial charge in [-0.1, -0.05) is 6.92 Å². The van der Waals surface area contributed by atoms with Gasteiger partial charge >= 0.3 is 0 Å². The zero-order valence-electron chi connectivity index (χ0n) is 23.1. The normalized spacial score (nSPS) is 21.1. The smallest absolute Gasteiger partial charge is 0.229 e. The fraction of sp³-hybridized carbons (Fsp3) is 0.379. The number of carbonyl (C=O) groups is 1. The van der Waals surface area contributed by atoms with E-state index in [1.54, 1.807) is 49.6 Å². The molecule has 0 unspecified atom stereocenters. The Morgan fingerprint density at radius 3 is 2.56 bits per heavy atom. The fourth-order valence-electron chi connectivity index (χ4n) is 5.87. The van der Waals surface area contributed by atoms with Crippen molar-refractivity contribution in [3.63, 3.8) is 0 Å². The van der Waals surface area contributed by atoms with Crippen LogP contribution in [0.3, 0.4) is 0 Å². The second kappa shape index (κ2) is 10.7. The molecule has 2 aliphatic rings. The number of nitrogens with one attached hydrogen (secondary N) is 1. The molecule has 1 aromatic carbocycles. The number of anilines is 3. The number of ether oxygens (including phenoxy) is 1. The second-order valence-corrected chi connectivity index (χ2v) is 10.9. The van der Waals surface area contributed by atoms with Gasteiger partial charge in [0.15, 0.2) is 0 Å². The molecule has 0 aliphatic carbocycles. The lowest BCUT2D eigenvalue weighted by Crippen LogP contribution is -2.62. The van der Waals surface area contributed by atoms with Crippen molar-refractivity contribution in [1.82, 2.24) is 24.5 Å². The number of nitrogens with two attached hydrogens (primary N) is 1. The summed E-state index contributed by atoms with van der Waals surface area (Å²) in [5.41, 5.74) is 9.29. The number of hydrogen-bond donors (Lipinski definition) is 2. The van der Waals surface area contributed by atoms with Crippen molar-refractivity contribution in [3.05, 3.63) is 66.1 Å². The lowest BCUT2D eigenvalue weighted by Gasteiger charge is -2.46. The summed E-state index contributed by atoms with van der Waals surface area (Å²) in [5.74, 6) is -0.875. The van der Waals surface area contributed by atoms with Gasteiger partial charge in [0.1, 0.15) is 11.6 Å². The summed E-state index contributed by atoms with van der Waals surface area (Å²) in [6.07, 6.45) is 5.02. The molecule has 4 aromatic rings. The average Bonchev–Trinajstić information content (AvgIpc) is 3.29. The number of rotatable bonds is 6. The molecule has 10 nitrogen and oxygen atoms in total. The summed E-state index contributed by atoms with van der Waals surface area (Å²) in [7, 11) is 1.79. The van der Waals surface area contributed by atoms with Gasteiger partial charge in [-0.05, 0) is 41.8 Å². The van der Waals surface area contributed by atoms with Crippen LogP contribution in [0, 0.1) is 17.6 Å². The van der Waals surface area contributed by atoms with Crippen LogP contribution in [0.2, 0.25) is 0 Å². The first kappa shape index (κ1) is 27.0. The second-order valence-electron chi connectivity index (χ2n) is 10.9. The number of aromatic nitrogens is 4. The number of benzene rings is 1. The van der Waals surface area contributed by atoms with Gasteiger partial charge < -0.3 is 25.6 Å². The van der Waals surface area contributed by atoms with Crippen molar-refractivity contribution >= 4 is 28.7 Å². The van der Waals surface area contributed by atoms with Gasteiger partial charge in [0.25, 0.3) is 0 Å². The molecule has 41 heavy (non-hydrogen) atoms. The van der Waals surface area contributed by atoms with E-state index in [2.05, 4.69) is 32.2 Å². The predicted molar refractivity (Wildman–Crippen MR) is 151 cm³/mol. The van der Waals surface area contributed by atoms with Crippen molar-refractivity contribution in [2.75, 3.05) is 43.6 Å². The molecule has 214 valence electrons. The Morgan fingerprint density at radius 1 is 1.15 bits per heavy atom. The molecule has 0 spiro atoms. The van der Waals surface area contributed by atoms with Gasteiger partial charge in [-0.25, -0.2) is 13.8 Å². The van der Waals surface area contributed by atoms with Crippen molar-refractivity contribution < 1.29 is 18.3 Å². The Labute approximate surface area is 236 Å². The minimum absolute atomic E-state index is 0.00000835. The van der Waals surface area contributed by atoms with Crippen LogP contribution in [0.4, 0.5) is 26.1 Å². The molecule has 2 fully saturated rings. The highest BCUT2D eigenvalue weighted by atomic mass is 19.1. The van der Waals surface area contributed by atoms with Crippen molar-refractivity contribution in [3.8, 4) is 11.3 Å². The van der Waals surface area contributed by atoms with Gasteiger partial charge in [-0.2, -0.15) is 9.61 Å². The molecule has 6 rings (SSSR count). The van der Waals surface area contributed by atoms with E-state index in [4.69, 9.17) is 10.5 Å². The van der Waals surface area contributed by atoms with Crippen LogP contribution in [-0.4, -0.2) is 75.8 Å². The monoisotopic (exact) mass is 562 g/mol. The van der Waals surface area contributed by atoms with Gasteiger partial charge in [0, 0.05) is 45.2 Å². The van der Waals surface area contributed by atoms with Crippen LogP contribution in [0.5, 0.6) is 0 Å². The predicted octanol–water partition coefficient (Wildman–Crippen LogP) is 3.56. The maximum atomic E-state index is 15.1. The summed E-state index contributed by atoms with van der Waals surface area (Å²) < 4.78 is 36.9. The zero-order valence-corrected chi connectivity index (χ0v) is 23.1. The highest BCUT2D eigenvalue weighted by Gasteiger charge is 2.36. The van der Waals surface area contributed by atoms with Crippen LogP contribution in [0.1, 0.15) is 25.3 Å². The maximum Gasteiger partial charge on any atom is 0.229 e. The van der Waals surface area contributed by atoms with E-state index in [0.717, 1.165) is 5.69 Å². The van der Waals surface area contributed by atoms with E-state index in [0.29, 0.717) is 49.0 Å². The molecule has 3 aromatic heterocycles. The number of nitrogens with zero attached hydrogens (tertiary/aromatic N) is 6. The standard InChI is InChI=1S/C29H32F2N8O2/c1-16-12-38(13-23(32)28(16)37(3)17(2)40)26-6-7-33-11-25(26)35-29-34-10-20-4-5-24(36-39(20)29)27-21(30)8-18(9-22(27)31)19-14-41-15-19/h4-11,16,19,23,28H,12-15,32H2,1-3H3,(H,34,35)/t16-,23+,28-/m0/s1. The molecule has 0 saturated carbocycles.